The second kappa shape index (κ2) is 9.71. The second-order valence-corrected chi connectivity index (χ2v) is 8.53. The van der Waals surface area contributed by atoms with E-state index in [4.69, 9.17) is 22.1 Å². The Morgan fingerprint density at radius 3 is 2.71 bits per heavy atom. The van der Waals surface area contributed by atoms with Crippen LogP contribution in [0.3, 0.4) is 0 Å². The lowest BCUT2D eigenvalue weighted by molar-refractivity contribution is -0.131. The number of carbonyl (C=O) groups is 3. The summed E-state index contributed by atoms with van der Waals surface area (Å²) in [6, 6.07) is 9.32. The van der Waals surface area contributed by atoms with Gasteiger partial charge in [-0.1, -0.05) is 17.7 Å². The molecule has 1 aliphatic carbocycles. The van der Waals surface area contributed by atoms with Crippen LogP contribution in [0.15, 0.2) is 48.7 Å². The molecule has 2 aromatic carbocycles. The van der Waals surface area contributed by atoms with Gasteiger partial charge in [0.1, 0.15) is 23.0 Å². The van der Waals surface area contributed by atoms with Crippen LogP contribution < -0.4 is 10.5 Å². The van der Waals surface area contributed by atoms with Gasteiger partial charge in [0.25, 0.3) is 11.8 Å². The van der Waals surface area contributed by atoms with Gasteiger partial charge in [-0.25, -0.2) is 4.39 Å². The summed E-state index contributed by atoms with van der Waals surface area (Å²) >= 11 is 6.11. The van der Waals surface area contributed by atoms with Gasteiger partial charge >= 0.3 is 5.97 Å². The van der Waals surface area contributed by atoms with Gasteiger partial charge in [0.05, 0.1) is 11.6 Å². The van der Waals surface area contributed by atoms with Gasteiger partial charge in [0.15, 0.2) is 0 Å². The highest BCUT2D eigenvalue weighted by Crippen LogP contribution is 2.41. The summed E-state index contributed by atoms with van der Waals surface area (Å²) in [5.41, 5.74) is 6.79. The molecule has 0 spiro atoms. The van der Waals surface area contributed by atoms with Crippen LogP contribution in [0.2, 0.25) is 5.02 Å². The summed E-state index contributed by atoms with van der Waals surface area (Å²) in [4.78, 5) is 42.4. The largest absolute Gasteiger partial charge is 0.507 e. The molecule has 3 aromatic rings. The van der Waals surface area contributed by atoms with E-state index in [9.17, 15) is 23.9 Å². The lowest BCUT2D eigenvalue weighted by Gasteiger charge is -2.31. The van der Waals surface area contributed by atoms with Crippen LogP contribution in [0.4, 0.5) is 4.39 Å². The number of aromatic nitrogens is 1. The van der Waals surface area contributed by atoms with Crippen molar-refractivity contribution in [2.75, 3.05) is 0 Å². The molecular formula is C25H21ClFN3O5. The smallest absolute Gasteiger partial charge is 0.308 e. The average molecular weight is 498 g/mol. The fourth-order valence-corrected chi connectivity index (χ4v) is 4.53. The molecule has 1 aromatic heterocycles. The maximum absolute atomic E-state index is 14.6. The summed E-state index contributed by atoms with van der Waals surface area (Å²) in [7, 11) is 0. The number of primary amides is 1. The number of hydrogen-bond donors (Lipinski definition) is 2. The number of halogens is 2. The third-order valence-corrected chi connectivity index (χ3v) is 6.00. The first-order valence-corrected chi connectivity index (χ1v) is 11.1. The number of phenolic OH excluding ortho intramolecular Hbond substituents is 1. The number of pyridine rings is 1. The van der Waals surface area contributed by atoms with E-state index in [2.05, 4.69) is 4.98 Å². The van der Waals surface area contributed by atoms with Crippen LogP contribution in [-0.4, -0.2) is 32.8 Å². The molecule has 0 saturated heterocycles. The normalized spacial score (nSPS) is 14.3. The van der Waals surface area contributed by atoms with Crippen LogP contribution in [0.5, 0.6) is 11.5 Å². The topological polar surface area (TPSA) is 123 Å². The molecule has 10 heteroatoms. The Balaban J connectivity index is 1.79. The van der Waals surface area contributed by atoms with E-state index in [0.29, 0.717) is 29.5 Å². The molecule has 0 radical (unpaired) electrons. The maximum Gasteiger partial charge on any atom is 0.308 e. The number of nitrogens with zero attached hydrogens (tertiary/aromatic N) is 2. The molecule has 0 aliphatic heterocycles. The molecule has 35 heavy (non-hydrogen) atoms. The predicted molar refractivity (Wildman–Crippen MR) is 125 cm³/mol. The Kier molecular flexibility index (Phi) is 6.70. The number of amides is 2. The van der Waals surface area contributed by atoms with Crippen LogP contribution in [0.1, 0.15) is 56.9 Å². The highest BCUT2D eigenvalue weighted by molar-refractivity contribution is 6.30. The zero-order valence-corrected chi connectivity index (χ0v) is 19.4. The molecule has 3 N–H and O–H groups in total. The molecule has 1 atom stereocenters. The number of fused-ring (bicyclic) bond motifs is 1. The molecule has 0 bridgehead atoms. The highest BCUT2D eigenvalue weighted by Gasteiger charge is 2.35. The minimum atomic E-state index is -0.762. The number of carbonyl (C=O) groups excluding carboxylic acids is 3. The number of phenols is 1. The van der Waals surface area contributed by atoms with E-state index in [1.165, 1.54) is 36.2 Å². The van der Waals surface area contributed by atoms with Crippen LogP contribution in [0, 0.1) is 5.82 Å². The Bertz CT molecular complexity index is 1350. The Hall–Kier alpha value is -3.98. The highest BCUT2D eigenvalue weighted by atomic mass is 35.5. The minimum absolute atomic E-state index is 0.00442. The van der Waals surface area contributed by atoms with Crippen molar-refractivity contribution in [3.05, 3.63) is 87.4 Å². The molecule has 1 heterocycles. The molecule has 4 rings (SSSR count). The molecule has 0 unspecified atom stereocenters. The van der Waals surface area contributed by atoms with Crippen molar-refractivity contribution in [1.82, 2.24) is 9.88 Å². The summed E-state index contributed by atoms with van der Waals surface area (Å²) < 4.78 is 19.5. The number of rotatable bonds is 6. The molecule has 2 amide bonds. The van der Waals surface area contributed by atoms with Gasteiger partial charge in [0, 0.05) is 36.3 Å². The predicted octanol–water partition coefficient (Wildman–Crippen LogP) is 3.93. The summed E-state index contributed by atoms with van der Waals surface area (Å²) in [6.07, 6.45) is 2.19. The monoisotopic (exact) mass is 497 g/mol. The SMILES string of the molecule is CC(=O)Oc1ccc(C(=O)N(Cc2cccnc2C(N)=O)[C@@H]2CCc3c(F)cc(Cl)cc32)c(O)c1. The van der Waals surface area contributed by atoms with Crippen LogP contribution >= 0.6 is 11.6 Å². The number of nitrogens with two attached hydrogens (primary N) is 1. The van der Waals surface area contributed by atoms with Gasteiger partial charge < -0.3 is 20.5 Å². The van der Waals surface area contributed by atoms with Crippen molar-refractivity contribution in [3.8, 4) is 11.5 Å². The number of esters is 1. The molecule has 180 valence electrons. The average Bonchev–Trinajstić information content (AvgIpc) is 3.20. The van der Waals surface area contributed by atoms with Gasteiger partial charge in [-0.2, -0.15) is 0 Å². The van der Waals surface area contributed by atoms with Gasteiger partial charge in [-0.05, 0) is 54.3 Å². The molecule has 0 saturated carbocycles. The number of benzene rings is 2. The Morgan fingerprint density at radius 2 is 2.03 bits per heavy atom. The second-order valence-electron chi connectivity index (χ2n) is 8.09. The van der Waals surface area contributed by atoms with Gasteiger partial charge in [-0.15, -0.1) is 0 Å². The van der Waals surface area contributed by atoms with E-state index in [-0.39, 0.29) is 28.6 Å². The Labute approximate surface area is 205 Å². The van der Waals surface area contributed by atoms with Crippen molar-refractivity contribution < 1.29 is 28.6 Å². The summed E-state index contributed by atoms with van der Waals surface area (Å²) in [5, 5.41) is 10.7. The number of ether oxygens (including phenoxy) is 1. The fourth-order valence-electron chi connectivity index (χ4n) is 4.32. The standard InChI is InChI=1S/C25H21ClFN3O5/c1-13(31)35-16-4-5-18(22(32)11-16)25(34)30(12-14-3-2-8-29-23(14)24(28)33)21-7-6-17-19(21)9-15(26)10-20(17)27/h2-5,8-11,21,32H,6-7,12H2,1H3,(H2,28,33)/t21-/m1/s1. The van der Waals surface area contributed by atoms with Crippen molar-refractivity contribution in [2.24, 2.45) is 5.73 Å². The molecule has 8 nitrogen and oxygen atoms in total. The van der Waals surface area contributed by atoms with Crippen molar-refractivity contribution >= 4 is 29.4 Å². The van der Waals surface area contributed by atoms with E-state index in [1.807, 2.05) is 0 Å². The minimum Gasteiger partial charge on any atom is -0.507 e. The first-order valence-electron chi connectivity index (χ1n) is 10.7. The third kappa shape index (κ3) is 4.95. The van der Waals surface area contributed by atoms with Gasteiger partial charge in [-0.3, -0.25) is 19.4 Å². The first-order chi connectivity index (χ1) is 16.7. The fraction of sp³-hybridized carbons (Fsp3) is 0.200. The van der Waals surface area contributed by atoms with E-state index in [1.54, 1.807) is 18.2 Å². The van der Waals surface area contributed by atoms with Crippen molar-refractivity contribution in [3.63, 3.8) is 0 Å². The zero-order chi connectivity index (χ0) is 25.3. The molecule has 0 fully saturated rings. The number of aromatic hydroxyl groups is 1. The maximum atomic E-state index is 14.6. The van der Waals surface area contributed by atoms with E-state index in [0.717, 1.165) is 6.07 Å². The van der Waals surface area contributed by atoms with Crippen molar-refractivity contribution in [2.45, 2.75) is 32.4 Å². The molecule has 1 aliphatic rings. The van der Waals surface area contributed by atoms with Crippen LogP contribution in [0.25, 0.3) is 0 Å². The number of hydrogen-bond acceptors (Lipinski definition) is 6. The van der Waals surface area contributed by atoms with Crippen molar-refractivity contribution in [1.29, 1.82) is 0 Å². The Morgan fingerprint density at radius 1 is 1.26 bits per heavy atom. The van der Waals surface area contributed by atoms with E-state index < -0.39 is 35.4 Å². The lowest BCUT2D eigenvalue weighted by Crippen LogP contribution is -2.34. The third-order valence-electron chi connectivity index (χ3n) is 5.79. The van der Waals surface area contributed by atoms with E-state index >= 15 is 0 Å². The molecular weight excluding hydrogens is 477 g/mol. The lowest BCUT2D eigenvalue weighted by atomic mass is 10.0. The van der Waals surface area contributed by atoms with Crippen LogP contribution in [-0.2, 0) is 17.8 Å². The first kappa shape index (κ1) is 24.2. The van der Waals surface area contributed by atoms with Gasteiger partial charge in [0.2, 0.25) is 0 Å². The zero-order valence-electron chi connectivity index (χ0n) is 18.6. The quantitative estimate of drug-likeness (QED) is 0.393. The summed E-state index contributed by atoms with van der Waals surface area (Å²) in [6.45, 7) is 1.12. The summed E-state index contributed by atoms with van der Waals surface area (Å²) in [5.74, 6) is -2.73.